The van der Waals surface area contributed by atoms with Crippen LogP contribution in [0.25, 0.3) is 0 Å². The van der Waals surface area contributed by atoms with Gasteiger partial charge in [0.05, 0.1) is 4.48 Å². The molecule has 0 amide bonds. The zero-order valence-electron chi connectivity index (χ0n) is 14.1. The number of aliphatic hydroxyl groups is 1. The Labute approximate surface area is 162 Å². The van der Waals surface area contributed by atoms with Crippen molar-refractivity contribution in [1.82, 2.24) is 0 Å². The lowest BCUT2D eigenvalue weighted by Gasteiger charge is -2.40. The summed E-state index contributed by atoms with van der Waals surface area (Å²) in [6.45, 7) is -0.346. The molecule has 0 bridgehead atoms. The molecule has 2 aromatic rings. The molecule has 0 fully saturated rings. The first-order valence-corrected chi connectivity index (χ1v) is 9.17. The molecule has 0 saturated heterocycles. The molecular formula is C20H17BrF4O2. The van der Waals surface area contributed by atoms with Crippen LogP contribution in [-0.2, 0) is 4.74 Å². The molecule has 0 aromatic heterocycles. The Balaban J connectivity index is 2.24. The normalized spacial score (nSPS) is 23.3. The third-order valence-electron chi connectivity index (χ3n) is 4.61. The van der Waals surface area contributed by atoms with Crippen LogP contribution in [0.4, 0.5) is 17.6 Å². The van der Waals surface area contributed by atoms with Gasteiger partial charge in [0.1, 0.15) is 11.9 Å². The Hall–Kier alpha value is -1.86. The number of halogens is 5. The highest BCUT2D eigenvalue weighted by molar-refractivity contribution is 9.11. The first-order chi connectivity index (χ1) is 12.8. The van der Waals surface area contributed by atoms with Crippen LogP contribution in [0.3, 0.4) is 0 Å². The van der Waals surface area contributed by atoms with Gasteiger partial charge in [0.2, 0.25) is 5.76 Å². The van der Waals surface area contributed by atoms with Crippen molar-refractivity contribution in [2.75, 3.05) is 6.61 Å². The fourth-order valence-electron chi connectivity index (χ4n) is 3.50. The van der Waals surface area contributed by atoms with Gasteiger partial charge in [0.25, 0.3) is 0 Å². The molecule has 2 nitrogen and oxygen atoms in total. The topological polar surface area (TPSA) is 29.5 Å². The molecule has 1 heterocycles. The van der Waals surface area contributed by atoms with Gasteiger partial charge < -0.3 is 9.84 Å². The van der Waals surface area contributed by atoms with E-state index in [1.807, 2.05) is 0 Å². The van der Waals surface area contributed by atoms with E-state index >= 15 is 0 Å². The van der Waals surface area contributed by atoms with E-state index in [1.54, 1.807) is 36.4 Å². The van der Waals surface area contributed by atoms with E-state index in [0.717, 1.165) is 0 Å². The lowest BCUT2D eigenvalue weighted by atomic mass is 9.75. The van der Waals surface area contributed by atoms with Crippen molar-refractivity contribution in [2.24, 2.45) is 0 Å². The van der Waals surface area contributed by atoms with Crippen molar-refractivity contribution in [1.29, 1.82) is 0 Å². The van der Waals surface area contributed by atoms with E-state index in [1.165, 1.54) is 18.2 Å². The van der Waals surface area contributed by atoms with E-state index in [4.69, 9.17) is 4.74 Å². The van der Waals surface area contributed by atoms with Gasteiger partial charge in [-0.3, -0.25) is 0 Å². The highest BCUT2D eigenvalue weighted by Crippen LogP contribution is 2.53. The first kappa shape index (κ1) is 19.9. The second-order valence-electron chi connectivity index (χ2n) is 6.28. The Kier molecular flexibility index (Phi) is 5.91. The van der Waals surface area contributed by atoms with Crippen molar-refractivity contribution in [3.05, 3.63) is 81.8 Å². The quantitative estimate of drug-likeness (QED) is 0.618. The molecule has 144 valence electrons. The summed E-state index contributed by atoms with van der Waals surface area (Å²) < 4.78 is 60.3. The maximum absolute atomic E-state index is 14.6. The smallest absolute Gasteiger partial charge is 0.449 e. The van der Waals surface area contributed by atoms with Gasteiger partial charge in [-0.1, -0.05) is 64.5 Å². The molecule has 0 radical (unpaired) electrons. The fourth-order valence-corrected chi connectivity index (χ4v) is 4.35. The van der Waals surface area contributed by atoms with Crippen molar-refractivity contribution < 1.29 is 27.4 Å². The van der Waals surface area contributed by atoms with Crippen LogP contribution in [0.5, 0.6) is 0 Å². The molecule has 0 unspecified atom stereocenters. The molecular weight excluding hydrogens is 428 g/mol. The molecule has 1 aliphatic heterocycles. The van der Waals surface area contributed by atoms with Crippen molar-refractivity contribution in [3.63, 3.8) is 0 Å². The van der Waals surface area contributed by atoms with Crippen molar-refractivity contribution in [2.45, 2.75) is 30.5 Å². The molecule has 3 atom stereocenters. The summed E-state index contributed by atoms with van der Waals surface area (Å²) in [5.74, 6) is -3.31. The van der Waals surface area contributed by atoms with E-state index in [0.29, 0.717) is 5.56 Å². The molecule has 1 aliphatic rings. The number of aliphatic hydroxyl groups excluding tert-OH is 1. The summed E-state index contributed by atoms with van der Waals surface area (Å²) >= 11 is 3.05. The third kappa shape index (κ3) is 4.04. The minimum Gasteiger partial charge on any atom is -0.484 e. The van der Waals surface area contributed by atoms with Gasteiger partial charge in [-0.2, -0.15) is 13.2 Å². The summed E-state index contributed by atoms with van der Waals surface area (Å²) in [5, 5.41) is 9.39. The zero-order valence-corrected chi connectivity index (χ0v) is 15.7. The highest BCUT2D eigenvalue weighted by atomic mass is 79.9. The van der Waals surface area contributed by atoms with Crippen LogP contribution in [-0.4, -0.2) is 24.0 Å². The van der Waals surface area contributed by atoms with Crippen molar-refractivity contribution >= 4 is 15.9 Å². The number of alkyl halides is 3. The Morgan fingerprint density at radius 1 is 1.00 bits per heavy atom. The van der Waals surface area contributed by atoms with Crippen LogP contribution < -0.4 is 0 Å². The predicted molar refractivity (Wildman–Crippen MR) is 96.9 cm³/mol. The highest BCUT2D eigenvalue weighted by Gasteiger charge is 2.49. The van der Waals surface area contributed by atoms with Gasteiger partial charge in [-0.25, -0.2) is 4.39 Å². The van der Waals surface area contributed by atoms with Crippen LogP contribution >= 0.6 is 15.9 Å². The SMILES string of the molecule is OCC[C@H]1OC(C(F)(F)F)=C(Br)[C@@H](c2ccccc2F)[C@@H]1c1ccccc1. The summed E-state index contributed by atoms with van der Waals surface area (Å²) in [6, 6.07) is 14.6. The monoisotopic (exact) mass is 444 g/mol. The molecule has 0 spiro atoms. The van der Waals surface area contributed by atoms with Gasteiger partial charge >= 0.3 is 6.18 Å². The van der Waals surface area contributed by atoms with Gasteiger partial charge in [0.15, 0.2) is 0 Å². The second-order valence-corrected chi connectivity index (χ2v) is 7.13. The van der Waals surface area contributed by atoms with E-state index < -0.39 is 35.7 Å². The van der Waals surface area contributed by atoms with E-state index in [-0.39, 0.29) is 23.1 Å². The van der Waals surface area contributed by atoms with E-state index in [9.17, 15) is 22.7 Å². The van der Waals surface area contributed by atoms with E-state index in [2.05, 4.69) is 15.9 Å². The maximum Gasteiger partial charge on any atom is 0.449 e. The van der Waals surface area contributed by atoms with Crippen LogP contribution in [0.15, 0.2) is 64.8 Å². The minimum atomic E-state index is -4.74. The Morgan fingerprint density at radius 2 is 1.63 bits per heavy atom. The van der Waals surface area contributed by atoms with Crippen LogP contribution in [0.1, 0.15) is 29.4 Å². The molecule has 1 N–H and O–H groups in total. The van der Waals surface area contributed by atoms with Gasteiger partial charge in [-0.15, -0.1) is 0 Å². The Morgan fingerprint density at radius 3 is 2.22 bits per heavy atom. The summed E-state index contributed by atoms with van der Waals surface area (Å²) in [6.07, 6.45) is -5.71. The van der Waals surface area contributed by atoms with Crippen LogP contribution in [0, 0.1) is 5.82 Å². The number of rotatable bonds is 4. The average molecular weight is 445 g/mol. The minimum absolute atomic E-state index is 0.00955. The largest absolute Gasteiger partial charge is 0.484 e. The first-order valence-electron chi connectivity index (χ1n) is 8.38. The number of allylic oxidation sites excluding steroid dienone is 2. The predicted octanol–water partition coefficient (Wildman–Crippen LogP) is 5.64. The number of hydrogen-bond donors (Lipinski definition) is 1. The fraction of sp³-hybridized carbons (Fsp3) is 0.300. The lowest BCUT2D eigenvalue weighted by Crippen LogP contribution is -2.37. The summed E-state index contributed by atoms with van der Waals surface area (Å²) in [5.41, 5.74) is 0.855. The number of ether oxygens (including phenoxy) is 1. The van der Waals surface area contributed by atoms with Crippen molar-refractivity contribution in [3.8, 4) is 0 Å². The standard InChI is InChI=1S/C20H17BrF4O2/c21-18-17(13-8-4-5-9-14(13)22)16(12-6-2-1-3-7-12)15(10-11-26)27-19(18)20(23,24)25/h1-9,15-17,26H,10-11H2/t15-,16-,17+/m1/s1. The molecule has 27 heavy (non-hydrogen) atoms. The molecule has 2 aromatic carbocycles. The third-order valence-corrected chi connectivity index (χ3v) is 5.47. The lowest BCUT2D eigenvalue weighted by molar-refractivity contribution is -0.149. The number of hydrogen-bond acceptors (Lipinski definition) is 2. The maximum atomic E-state index is 14.6. The van der Waals surface area contributed by atoms with Gasteiger partial charge in [0, 0.05) is 24.9 Å². The summed E-state index contributed by atoms with van der Waals surface area (Å²) in [4.78, 5) is 0. The summed E-state index contributed by atoms with van der Waals surface area (Å²) in [7, 11) is 0. The zero-order chi connectivity index (χ0) is 19.6. The van der Waals surface area contributed by atoms with Crippen LogP contribution in [0.2, 0.25) is 0 Å². The molecule has 0 aliphatic carbocycles. The molecule has 7 heteroatoms. The Bertz CT molecular complexity index is 820. The average Bonchev–Trinajstić information content (AvgIpc) is 2.63. The number of benzene rings is 2. The van der Waals surface area contributed by atoms with Gasteiger partial charge in [-0.05, 0) is 17.2 Å². The molecule has 3 rings (SSSR count). The second kappa shape index (κ2) is 8.02. The molecule has 0 saturated carbocycles.